The fourth-order valence-corrected chi connectivity index (χ4v) is 22.0. The lowest BCUT2D eigenvalue weighted by Gasteiger charge is -2.35. The number of benzene rings is 11. The van der Waals surface area contributed by atoms with Gasteiger partial charge in [0.2, 0.25) is 0 Å². The smallest absolute Gasteiger partial charge is 0.0463 e. The first-order valence-electron chi connectivity index (χ1n) is 39.6. The van der Waals surface area contributed by atoms with Gasteiger partial charge >= 0.3 is 0 Å². The summed E-state index contributed by atoms with van der Waals surface area (Å²) in [5.41, 5.74) is 36.8. The van der Waals surface area contributed by atoms with E-state index in [1.165, 1.54) is 287 Å². The molecule has 0 fully saturated rings. The van der Waals surface area contributed by atoms with Crippen molar-refractivity contribution < 1.29 is 0 Å². The number of unbranched alkanes of at least 4 members (excludes halogenated alkanes) is 12. The van der Waals surface area contributed by atoms with Crippen LogP contribution in [0.5, 0.6) is 0 Å². The maximum absolute atomic E-state index is 4.01. The quantitative estimate of drug-likeness (QED) is 0.0249. The van der Waals surface area contributed by atoms with Crippen LogP contribution in [0.1, 0.15) is 235 Å². The summed E-state index contributed by atoms with van der Waals surface area (Å²) >= 11 is 20.5. The molecule has 6 heteroatoms. The van der Waals surface area contributed by atoms with Crippen LogP contribution in [0.2, 0.25) is 0 Å². The second-order valence-corrected chi connectivity index (χ2v) is 36.3. The Hall–Kier alpha value is -5.20. The molecule has 11 aromatic rings. The summed E-state index contributed by atoms with van der Waals surface area (Å²) in [5, 5.41) is 0. The van der Waals surface area contributed by atoms with Crippen molar-refractivity contribution in [1.29, 1.82) is 0 Å². The van der Waals surface area contributed by atoms with E-state index in [0.29, 0.717) is 5.92 Å². The molecule has 0 radical (unpaired) electrons. The molecular weight excluding hydrogens is 1770 g/mol. The van der Waals surface area contributed by atoms with Gasteiger partial charge in [-0.1, -0.05) is 381 Å². The molecule has 0 nitrogen and oxygen atoms in total. The Morgan fingerprint density at radius 3 is 0.868 bits per heavy atom. The van der Waals surface area contributed by atoms with Crippen molar-refractivity contribution in [3.63, 3.8) is 0 Å². The molecule has 6 aliphatic rings. The zero-order valence-electron chi connectivity index (χ0n) is 60.9. The SMILES string of the molecule is Brc1cc(CCCCCCC2(c3ccc4c(c3)CC4)c3ccccc3-c3ccccc32)c(Br)cc1CCCCCCC1(c2ccc3c(c2)CC3)c2ccccc2-c2ccccc21.Brc1cc(CCCCCCI)c(Br)cc1CCCCCCI.C.c1ccc2c(c1)-c1ccccc1C2c1ccc2c(c1)CC2. The van der Waals surface area contributed by atoms with Gasteiger partial charge in [-0.3, -0.25) is 0 Å². The van der Waals surface area contributed by atoms with E-state index in [9.17, 15) is 0 Å². The Labute approximate surface area is 695 Å². The molecule has 6 aliphatic carbocycles. The van der Waals surface area contributed by atoms with Gasteiger partial charge in [-0.05, 0) is 288 Å². The average molecular weight is 1880 g/mol. The van der Waals surface area contributed by atoms with Crippen molar-refractivity contribution >= 4 is 109 Å². The predicted molar refractivity (Wildman–Crippen MR) is 484 cm³/mol. The lowest BCUT2D eigenvalue weighted by Crippen LogP contribution is -2.28. The van der Waals surface area contributed by atoms with Gasteiger partial charge in [0.25, 0.3) is 0 Å². The number of aryl methyl sites for hydroxylation is 10. The lowest BCUT2D eigenvalue weighted by molar-refractivity contribution is 0.510. The molecule has 0 N–H and O–H groups in total. The van der Waals surface area contributed by atoms with Gasteiger partial charge in [0.15, 0.2) is 0 Å². The van der Waals surface area contributed by atoms with Gasteiger partial charge in [0.05, 0.1) is 0 Å². The minimum atomic E-state index is -0.0687. The highest BCUT2D eigenvalue weighted by Crippen LogP contribution is 2.58. The van der Waals surface area contributed by atoms with Crippen molar-refractivity contribution in [2.24, 2.45) is 0 Å². The fraction of sp³-hybridized carbons (Fsp3) is 0.340. The van der Waals surface area contributed by atoms with Gasteiger partial charge in [-0.25, -0.2) is 0 Å². The third-order valence-electron chi connectivity index (χ3n) is 24.5. The monoisotopic (exact) mass is 1870 g/mol. The molecule has 0 amide bonds. The van der Waals surface area contributed by atoms with Crippen molar-refractivity contribution in [1.82, 2.24) is 0 Å². The standard InChI is InChI=1S/C60H56Br2.C21H16.C18H26Br2I2.CH4/c61-57-40-46(18-6-2-4-16-36-60(48-34-32-42-28-30-44(42)38-48)55-25-13-9-21-51(55)52-22-10-14-26-56(52)60)58(62)39-45(57)17-5-1-3-15-35-59(47-33-31-41-27-29-43(41)37-47)53-23-11-7-19-49(53)50-20-8-12-24-54(50)59;1-3-7-19-17(5-1)18-6-2-4-8-20(18)21(19)16-12-10-14-9-11-15(14)13-16;19-17-14-16(10-6-2-4-8-12-22)18(20)13-15(17)9-5-1-3-7-11-21;/h7-14,19-26,31-34,37-40H,1-6,15-18,27-30,35-36H2;1-8,10,12-13,21H,9,11H2;13-14H,1-12H2;1H4. The fourth-order valence-electron chi connectivity index (χ4n) is 18.6. The van der Waals surface area contributed by atoms with Crippen molar-refractivity contribution in [3.8, 4) is 33.4 Å². The van der Waals surface area contributed by atoms with E-state index in [0.717, 1.165) is 25.7 Å². The highest BCUT2D eigenvalue weighted by Gasteiger charge is 2.46. The van der Waals surface area contributed by atoms with Crippen LogP contribution in [0.4, 0.5) is 0 Å². The number of hydrogen-bond donors (Lipinski definition) is 0. The zero-order valence-corrected chi connectivity index (χ0v) is 71.6. The van der Waals surface area contributed by atoms with Gasteiger partial charge in [-0.2, -0.15) is 0 Å². The summed E-state index contributed by atoms with van der Waals surface area (Å²) in [6.07, 6.45) is 35.0. The molecule has 0 unspecified atom stereocenters. The normalized spacial score (nSPS) is 14.3. The van der Waals surface area contributed by atoms with E-state index < -0.39 is 0 Å². The van der Waals surface area contributed by atoms with Crippen LogP contribution < -0.4 is 0 Å². The molecule has 0 heterocycles. The van der Waals surface area contributed by atoms with Gasteiger partial charge in [0.1, 0.15) is 0 Å². The summed E-state index contributed by atoms with van der Waals surface area (Å²) in [5.74, 6) is 0.406. The first-order valence-corrected chi connectivity index (χ1v) is 45.9. The van der Waals surface area contributed by atoms with Crippen molar-refractivity contribution in [2.45, 2.75) is 204 Å². The number of hydrogen-bond acceptors (Lipinski definition) is 0. The van der Waals surface area contributed by atoms with Gasteiger partial charge in [-0.15, -0.1) is 0 Å². The molecule has 0 saturated heterocycles. The summed E-state index contributed by atoms with van der Waals surface area (Å²) in [6, 6.07) is 86.0. The molecule has 0 atom stereocenters. The maximum atomic E-state index is 4.01. The Kier molecular flexibility index (Phi) is 26.6. The molecule has 0 bridgehead atoms. The Balaban J connectivity index is 0.000000174. The lowest BCUT2D eigenvalue weighted by atomic mass is 9.68. The van der Waals surface area contributed by atoms with E-state index in [-0.39, 0.29) is 18.3 Å². The van der Waals surface area contributed by atoms with Crippen LogP contribution >= 0.6 is 109 Å². The Morgan fingerprint density at radius 2 is 0.557 bits per heavy atom. The molecule has 106 heavy (non-hydrogen) atoms. The maximum Gasteiger partial charge on any atom is 0.0463 e. The Morgan fingerprint density at radius 1 is 0.274 bits per heavy atom. The summed E-state index contributed by atoms with van der Waals surface area (Å²) < 4.78 is 7.72. The van der Waals surface area contributed by atoms with E-state index in [4.69, 9.17) is 0 Å². The van der Waals surface area contributed by atoms with E-state index >= 15 is 0 Å². The van der Waals surface area contributed by atoms with Crippen LogP contribution in [0, 0.1) is 0 Å². The predicted octanol–water partition coefficient (Wildman–Crippen LogP) is 30.3. The van der Waals surface area contributed by atoms with Gasteiger partial charge in [0, 0.05) is 34.6 Å². The molecule has 544 valence electrons. The van der Waals surface area contributed by atoms with Crippen LogP contribution in [0.3, 0.4) is 0 Å². The molecule has 17 rings (SSSR count). The summed E-state index contributed by atoms with van der Waals surface area (Å²) in [7, 11) is 0. The third kappa shape index (κ3) is 16.3. The molecule has 0 saturated carbocycles. The zero-order chi connectivity index (χ0) is 71.7. The topological polar surface area (TPSA) is 0 Å². The first-order chi connectivity index (χ1) is 51.6. The largest absolute Gasteiger partial charge is 0.0864 e. The van der Waals surface area contributed by atoms with Crippen molar-refractivity contribution in [2.75, 3.05) is 8.86 Å². The van der Waals surface area contributed by atoms with Gasteiger partial charge < -0.3 is 0 Å². The minimum Gasteiger partial charge on any atom is -0.0864 e. The van der Waals surface area contributed by atoms with Crippen LogP contribution in [0.25, 0.3) is 33.4 Å². The number of alkyl halides is 2. The van der Waals surface area contributed by atoms with Crippen LogP contribution in [-0.2, 0) is 75.0 Å². The molecule has 0 aromatic heterocycles. The minimum absolute atomic E-state index is 0. The van der Waals surface area contributed by atoms with Crippen molar-refractivity contribution in [3.05, 3.63) is 348 Å². The van der Waals surface area contributed by atoms with Crippen LogP contribution in [0.15, 0.2) is 242 Å². The summed E-state index contributed by atoms with van der Waals surface area (Å²) in [6.45, 7) is 0. The number of rotatable bonds is 29. The molecule has 0 spiro atoms. The van der Waals surface area contributed by atoms with E-state index in [1.54, 1.807) is 33.4 Å². The summed E-state index contributed by atoms with van der Waals surface area (Å²) in [4.78, 5) is 0. The number of fused-ring (bicyclic) bond motifs is 12. The highest BCUT2D eigenvalue weighted by atomic mass is 127. The Bertz CT molecular complexity index is 4520. The van der Waals surface area contributed by atoms with E-state index in [2.05, 4.69) is 333 Å². The van der Waals surface area contributed by atoms with E-state index in [1.807, 2.05) is 0 Å². The number of halogens is 6. The highest BCUT2D eigenvalue weighted by molar-refractivity contribution is 14.1. The molecule has 11 aromatic carbocycles. The first kappa shape index (κ1) is 77.5. The second-order valence-electron chi connectivity index (χ2n) is 30.7. The molecular formula is C100H102Br4I2. The average Bonchev–Trinajstić information content (AvgIpc) is 1.54. The third-order valence-corrected chi connectivity index (χ3v) is 29.0. The van der Waals surface area contributed by atoms with Crippen LogP contribution in [-0.4, -0.2) is 8.86 Å². The molecule has 0 aliphatic heterocycles. The second kappa shape index (κ2) is 36.3.